The van der Waals surface area contributed by atoms with Gasteiger partial charge in [0.05, 0.1) is 13.2 Å². The third-order valence-corrected chi connectivity index (χ3v) is 7.23. The predicted octanol–water partition coefficient (Wildman–Crippen LogP) is 4.16. The van der Waals surface area contributed by atoms with Gasteiger partial charge in [0.2, 0.25) is 0 Å². The number of benzene rings is 1. The lowest BCUT2D eigenvalue weighted by Gasteiger charge is -2.52. The van der Waals surface area contributed by atoms with E-state index >= 15 is 0 Å². The van der Waals surface area contributed by atoms with Crippen LogP contribution in [0.1, 0.15) is 56.6 Å². The summed E-state index contributed by atoms with van der Waals surface area (Å²) < 4.78 is 5.42. The third-order valence-electron chi connectivity index (χ3n) is 7.23. The minimum absolute atomic E-state index is 0.0806. The van der Waals surface area contributed by atoms with Crippen molar-refractivity contribution in [2.75, 3.05) is 7.11 Å². The maximum Gasteiger partial charge on any atom is 0.119 e. The fourth-order valence-electron chi connectivity index (χ4n) is 6.05. The van der Waals surface area contributed by atoms with E-state index < -0.39 is 0 Å². The molecule has 2 heteroatoms. The third kappa shape index (κ3) is 1.89. The van der Waals surface area contributed by atoms with Gasteiger partial charge in [0.15, 0.2) is 0 Å². The number of rotatable bonds is 1. The molecule has 0 amide bonds. The van der Waals surface area contributed by atoms with Gasteiger partial charge < -0.3 is 9.84 Å². The van der Waals surface area contributed by atoms with E-state index in [0.29, 0.717) is 17.8 Å². The van der Waals surface area contributed by atoms with Gasteiger partial charge in [-0.25, -0.2) is 0 Å². The van der Waals surface area contributed by atoms with Crippen LogP contribution in [0.3, 0.4) is 0 Å². The quantitative estimate of drug-likeness (QED) is 0.844. The molecule has 22 heavy (non-hydrogen) atoms. The second-order valence-corrected chi connectivity index (χ2v) is 8.17. The van der Waals surface area contributed by atoms with Gasteiger partial charge in [0.1, 0.15) is 5.75 Å². The summed E-state index contributed by atoms with van der Waals surface area (Å²) in [6.45, 7) is 4.78. The van der Waals surface area contributed by atoms with Crippen LogP contribution >= 0.6 is 0 Å². The van der Waals surface area contributed by atoms with Crippen LogP contribution < -0.4 is 4.74 Å². The Kier molecular flexibility index (Phi) is 3.30. The van der Waals surface area contributed by atoms with E-state index in [1.165, 1.54) is 24.8 Å². The van der Waals surface area contributed by atoms with Crippen LogP contribution in [0.25, 0.3) is 0 Å². The first-order chi connectivity index (χ1) is 10.5. The van der Waals surface area contributed by atoms with Crippen molar-refractivity contribution in [2.45, 2.75) is 58.0 Å². The summed E-state index contributed by atoms with van der Waals surface area (Å²) in [6, 6.07) is 6.69. The van der Waals surface area contributed by atoms with Gasteiger partial charge in [-0.1, -0.05) is 19.9 Å². The van der Waals surface area contributed by atoms with Crippen LogP contribution in [0.4, 0.5) is 0 Å². The van der Waals surface area contributed by atoms with Gasteiger partial charge in [-0.2, -0.15) is 0 Å². The number of methoxy groups -OCH3 is 1. The van der Waals surface area contributed by atoms with E-state index in [2.05, 4.69) is 32.0 Å². The Balaban J connectivity index is 1.73. The molecule has 0 spiro atoms. The molecule has 1 aromatic rings. The maximum absolute atomic E-state index is 10.5. The molecule has 1 N–H and O–H groups in total. The zero-order chi connectivity index (χ0) is 15.5. The second-order valence-electron chi connectivity index (χ2n) is 8.17. The summed E-state index contributed by atoms with van der Waals surface area (Å²) in [5.74, 6) is 3.83. The molecule has 0 unspecified atom stereocenters. The summed E-state index contributed by atoms with van der Waals surface area (Å²) in [5.41, 5.74) is 3.22. The Morgan fingerprint density at radius 3 is 2.82 bits per heavy atom. The molecule has 0 aliphatic heterocycles. The number of fused-ring (bicyclic) bond motifs is 5. The molecular weight excluding hydrogens is 272 g/mol. The minimum Gasteiger partial charge on any atom is -0.497 e. The fourth-order valence-corrected chi connectivity index (χ4v) is 6.05. The summed E-state index contributed by atoms with van der Waals surface area (Å²) in [4.78, 5) is 0. The largest absolute Gasteiger partial charge is 0.497 e. The number of aliphatic hydroxyl groups excluding tert-OH is 1. The molecule has 0 saturated heterocycles. The lowest BCUT2D eigenvalue weighted by atomic mass is 9.53. The Hall–Kier alpha value is -1.02. The van der Waals surface area contributed by atoms with Crippen molar-refractivity contribution in [3.63, 3.8) is 0 Å². The van der Waals surface area contributed by atoms with Crippen molar-refractivity contribution < 1.29 is 9.84 Å². The molecule has 3 aliphatic rings. The zero-order valence-electron chi connectivity index (χ0n) is 14.0. The van der Waals surface area contributed by atoms with Gasteiger partial charge in [-0.15, -0.1) is 0 Å². The van der Waals surface area contributed by atoms with Crippen LogP contribution in [-0.2, 0) is 6.42 Å². The van der Waals surface area contributed by atoms with E-state index in [1.807, 2.05) is 0 Å². The van der Waals surface area contributed by atoms with Crippen molar-refractivity contribution >= 4 is 0 Å². The monoisotopic (exact) mass is 300 g/mol. The average Bonchev–Trinajstić information content (AvgIpc) is 2.82. The predicted molar refractivity (Wildman–Crippen MR) is 88.2 cm³/mol. The molecule has 2 saturated carbocycles. The first kappa shape index (κ1) is 14.6. The molecule has 0 heterocycles. The summed E-state index contributed by atoms with van der Waals surface area (Å²) in [7, 11) is 1.75. The number of hydrogen-bond donors (Lipinski definition) is 1. The normalized spacial score (nSPS) is 43.2. The molecule has 3 aliphatic carbocycles. The lowest BCUT2D eigenvalue weighted by Crippen LogP contribution is -2.46. The number of hydrogen-bond acceptors (Lipinski definition) is 2. The molecule has 2 fully saturated rings. The Bertz CT molecular complexity index is 581. The van der Waals surface area contributed by atoms with E-state index in [-0.39, 0.29) is 11.5 Å². The molecule has 120 valence electrons. The summed E-state index contributed by atoms with van der Waals surface area (Å²) in [5, 5.41) is 10.5. The molecule has 6 atom stereocenters. The van der Waals surface area contributed by atoms with E-state index in [1.54, 1.807) is 12.7 Å². The van der Waals surface area contributed by atoms with Crippen LogP contribution in [0, 0.1) is 23.2 Å². The highest BCUT2D eigenvalue weighted by molar-refractivity contribution is 5.41. The van der Waals surface area contributed by atoms with Crippen molar-refractivity contribution in [3.05, 3.63) is 29.3 Å². The van der Waals surface area contributed by atoms with Gasteiger partial charge >= 0.3 is 0 Å². The highest BCUT2D eigenvalue weighted by atomic mass is 16.5. The van der Waals surface area contributed by atoms with Gasteiger partial charge in [0.25, 0.3) is 0 Å². The van der Waals surface area contributed by atoms with E-state index in [0.717, 1.165) is 24.5 Å². The Morgan fingerprint density at radius 1 is 1.23 bits per heavy atom. The Morgan fingerprint density at radius 2 is 2.05 bits per heavy atom. The van der Waals surface area contributed by atoms with Crippen LogP contribution in [0.5, 0.6) is 5.75 Å². The molecule has 4 rings (SSSR count). The molecule has 0 bridgehead atoms. The molecule has 0 aromatic heterocycles. The maximum atomic E-state index is 10.5. The van der Waals surface area contributed by atoms with Gasteiger partial charge in [-0.3, -0.25) is 0 Å². The van der Waals surface area contributed by atoms with Crippen molar-refractivity contribution in [1.29, 1.82) is 0 Å². The van der Waals surface area contributed by atoms with Crippen molar-refractivity contribution in [1.82, 2.24) is 0 Å². The lowest BCUT2D eigenvalue weighted by molar-refractivity contribution is -0.0356. The molecule has 2 nitrogen and oxygen atoms in total. The smallest absolute Gasteiger partial charge is 0.119 e. The van der Waals surface area contributed by atoms with Crippen molar-refractivity contribution in [2.24, 2.45) is 23.2 Å². The van der Waals surface area contributed by atoms with Crippen molar-refractivity contribution in [3.8, 4) is 5.75 Å². The fraction of sp³-hybridized carbons (Fsp3) is 0.700. The first-order valence-electron chi connectivity index (χ1n) is 8.89. The Labute approximate surface area is 133 Å². The molecular formula is C20H28O2. The van der Waals surface area contributed by atoms with Crippen LogP contribution in [-0.4, -0.2) is 18.3 Å². The van der Waals surface area contributed by atoms with E-state index in [9.17, 15) is 5.11 Å². The summed E-state index contributed by atoms with van der Waals surface area (Å²) >= 11 is 0. The number of ether oxygens (including phenoxy) is 1. The molecule has 0 radical (unpaired) electrons. The van der Waals surface area contributed by atoms with Crippen LogP contribution in [0.15, 0.2) is 18.2 Å². The number of aliphatic hydroxyl groups is 1. The highest BCUT2D eigenvalue weighted by Gasteiger charge is 2.55. The highest BCUT2D eigenvalue weighted by Crippen LogP contribution is 2.62. The average molecular weight is 300 g/mol. The zero-order valence-corrected chi connectivity index (χ0v) is 14.0. The van der Waals surface area contributed by atoms with E-state index in [4.69, 9.17) is 4.74 Å². The second kappa shape index (κ2) is 4.99. The standard InChI is InChI=1S/C20H28O2/c1-12-10-13-11-14(22-3)4-5-15(13)16-8-9-20(2)17(19(12)16)6-7-18(20)21/h4-5,11-12,16-19,21H,6-10H2,1-3H3/t12-,16+,17-,18-,19+,20-/m0/s1. The first-order valence-corrected chi connectivity index (χ1v) is 8.89. The molecule has 1 aromatic carbocycles. The summed E-state index contributed by atoms with van der Waals surface area (Å²) in [6.07, 6.45) is 5.72. The topological polar surface area (TPSA) is 29.5 Å². The van der Waals surface area contributed by atoms with Gasteiger partial charge in [-0.05, 0) is 84.5 Å². The SMILES string of the molecule is COc1ccc2c(c1)C[C@H](C)[C@@H]1[C@@H]2CC[C@]2(C)[C@@H](O)CC[C@@H]12. The minimum atomic E-state index is -0.0806. The van der Waals surface area contributed by atoms with Crippen LogP contribution in [0.2, 0.25) is 0 Å². The van der Waals surface area contributed by atoms with Gasteiger partial charge in [0, 0.05) is 0 Å².